The second kappa shape index (κ2) is 6.25. The van der Waals surface area contributed by atoms with Crippen LogP contribution >= 0.6 is 11.8 Å². The molecule has 102 valence electrons. The minimum atomic E-state index is 0.468. The number of hydrogen-bond acceptors (Lipinski definition) is 5. The molecule has 0 aliphatic rings. The summed E-state index contributed by atoms with van der Waals surface area (Å²) in [6, 6.07) is 19.3. The Bertz CT molecular complexity index is 760. The molecule has 3 rings (SSSR count). The Morgan fingerprint density at radius 3 is 2.48 bits per heavy atom. The van der Waals surface area contributed by atoms with E-state index in [2.05, 4.69) is 28.4 Å². The van der Waals surface area contributed by atoms with Gasteiger partial charge in [0, 0.05) is 11.3 Å². The van der Waals surface area contributed by atoms with Crippen LogP contribution in [-0.4, -0.2) is 10.2 Å². The van der Waals surface area contributed by atoms with Gasteiger partial charge in [0.15, 0.2) is 0 Å². The number of nitrogens with zero attached hydrogens (tertiary/aromatic N) is 3. The fraction of sp³-hybridized carbons (Fsp3) is 0.0625. The summed E-state index contributed by atoms with van der Waals surface area (Å²) < 4.78 is 5.62. The number of rotatable bonds is 4. The summed E-state index contributed by atoms with van der Waals surface area (Å²) in [7, 11) is 0. The van der Waals surface area contributed by atoms with Crippen molar-refractivity contribution in [3.63, 3.8) is 0 Å². The van der Waals surface area contributed by atoms with Gasteiger partial charge in [-0.1, -0.05) is 42.1 Å². The summed E-state index contributed by atoms with van der Waals surface area (Å²) in [6.45, 7) is 0. The normalized spacial score (nSPS) is 10.2. The molecule has 0 bridgehead atoms. The van der Waals surface area contributed by atoms with E-state index in [0.29, 0.717) is 16.7 Å². The highest BCUT2D eigenvalue weighted by molar-refractivity contribution is 7.98. The predicted molar refractivity (Wildman–Crippen MR) is 80.5 cm³/mol. The van der Waals surface area contributed by atoms with Gasteiger partial charge in [-0.2, -0.15) is 5.26 Å². The zero-order chi connectivity index (χ0) is 14.5. The van der Waals surface area contributed by atoms with Crippen LogP contribution in [0.2, 0.25) is 0 Å². The number of benzene rings is 2. The second-order valence-electron chi connectivity index (χ2n) is 4.34. The first kappa shape index (κ1) is 13.4. The van der Waals surface area contributed by atoms with Gasteiger partial charge in [-0.05, 0) is 29.8 Å². The highest BCUT2D eigenvalue weighted by Gasteiger charge is 2.09. The van der Waals surface area contributed by atoms with Crippen molar-refractivity contribution in [1.29, 1.82) is 5.26 Å². The molecule has 0 spiro atoms. The summed E-state index contributed by atoms with van der Waals surface area (Å²) in [5.41, 5.74) is 2.63. The van der Waals surface area contributed by atoms with E-state index in [1.807, 2.05) is 18.2 Å². The van der Waals surface area contributed by atoms with Crippen LogP contribution in [-0.2, 0) is 5.75 Å². The Kier molecular flexibility index (Phi) is 3.99. The highest BCUT2D eigenvalue weighted by Crippen LogP contribution is 2.25. The van der Waals surface area contributed by atoms with Crippen LogP contribution in [0, 0.1) is 11.3 Å². The first-order valence-corrected chi connectivity index (χ1v) is 7.34. The molecule has 0 amide bonds. The van der Waals surface area contributed by atoms with Crippen molar-refractivity contribution in [3.8, 4) is 17.5 Å². The number of nitriles is 1. The maximum atomic E-state index is 8.78. The Morgan fingerprint density at radius 2 is 1.76 bits per heavy atom. The van der Waals surface area contributed by atoms with Crippen LogP contribution in [0.5, 0.6) is 0 Å². The van der Waals surface area contributed by atoms with Gasteiger partial charge in [0.25, 0.3) is 5.22 Å². The van der Waals surface area contributed by atoms with E-state index in [-0.39, 0.29) is 0 Å². The molecule has 0 N–H and O–H groups in total. The van der Waals surface area contributed by atoms with E-state index in [9.17, 15) is 0 Å². The van der Waals surface area contributed by atoms with Crippen LogP contribution in [0.3, 0.4) is 0 Å². The molecule has 0 aliphatic carbocycles. The molecule has 4 nitrogen and oxygen atoms in total. The van der Waals surface area contributed by atoms with Crippen molar-refractivity contribution >= 4 is 11.8 Å². The van der Waals surface area contributed by atoms with Crippen LogP contribution in [0.15, 0.2) is 64.2 Å². The second-order valence-corrected chi connectivity index (χ2v) is 5.26. The minimum absolute atomic E-state index is 0.468. The van der Waals surface area contributed by atoms with Gasteiger partial charge in [-0.15, -0.1) is 10.2 Å². The fourth-order valence-electron chi connectivity index (χ4n) is 1.79. The summed E-state index contributed by atoms with van der Waals surface area (Å²) in [6.07, 6.45) is 0. The SMILES string of the molecule is N#Cc1ccc(-c2nnc(SCc3ccccc3)o2)cc1. The van der Waals surface area contributed by atoms with Gasteiger partial charge >= 0.3 is 0 Å². The highest BCUT2D eigenvalue weighted by atomic mass is 32.2. The zero-order valence-corrected chi connectivity index (χ0v) is 11.9. The van der Waals surface area contributed by atoms with E-state index >= 15 is 0 Å². The van der Waals surface area contributed by atoms with Crippen LogP contribution in [0.25, 0.3) is 11.5 Å². The maximum absolute atomic E-state index is 8.78. The number of aromatic nitrogens is 2. The lowest BCUT2D eigenvalue weighted by Gasteiger charge is -1.97. The first-order valence-electron chi connectivity index (χ1n) is 6.36. The van der Waals surface area contributed by atoms with E-state index in [0.717, 1.165) is 11.3 Å². The first-order chi connectivity index (χ1) is 10.3. The van der Waals surface area contributed by atoms with Gasteiger partial charge in [-0.3, -0.25) is 0 Å². The van der Waals surface area contributed by atoms with Gasteiger partial charge in [-0.25, -0.2) is 0 Å². The molecule has 0 radical (unpaired) electrons. The average molecular weight is 293 g/mol. The molecule has 0 aliphatic heterocycles. The fourth-order valence-corrected chi connectivity index (χ4v) is 2.51. The molecule has 0 atom stereocenters. The van der Waals surface area contributed by atoms with Gasteiger partial charge in [0.2, 0.25) is 5.89 Å². The van der Waals surface area contributed by atoms with E-state index in [4.69, 9.17) is 9.68 Å². The van der Waals surface area contributed by atoms with Gasteiger partial charge in [0.05, 0.1) is 11.6 Å². The Morgan fingerprint density at radius 1 is 1.00 bits per heavy atom. The average Bonchev–Trinajstić information content (AvgIpc) is 3.03. The molecule has 2 aromatic carbocycles. The van der Waals surface area contributed by atoms with Crippen LogP contribution in [0.4, 0.5) is 0 Å². The standard InChI is InChI=1S/C16H11N3OS/c17-10-12-6-8-14(9-7-12)15-18-19-16(20-15)21-11-13-4-2-1-3-5-13/h1-9H,11H2. The summed E-state index contributed by atoms with van der Waals surface area (Å²) in [4.78, 5) is 0. The van der Waals surface area contributed by atoms with Crippen LogP contribution < -0.4 is 0 Å². The van der Waals surface area contributed by atoms with E-state index in [1.165, 1.54) is 17.3 Å². The lowest BCUT2D eigenvalue weighted by molar-refractivity contribution is 0.466. The minimum Gasteiger partial charge on any atom is -0.411 e. The molecule has 1 aromatic heterocycles. The van der Waals surface area contributed by atoms with Crippen molar-refractivity contribution in [2.75, 3.05) is 0 Å². The molecule has 0 saturated heterocycles. The Hall–Kier alpha value is -2.58. The lowest BCUT2D eigenvalue weighted by Crippen LogP contribution is -1.79. The Labute approximate surface area is 126 Å². The largest absolute Gasteiger partial charge is 0.411 e. The maximum Gasteiger partial charge on any atom is 0.277 e. The van der Waals surface area contributed by atoms with Crippen molar-refractivity contribution < 1.29 is 4.42 Å². The van der Waals surface area contributed by atoms with E-state index in [1.54, 1.807) is 24.3 Å². The molecule has 3 aromatic rings. The smallest absolute Gasteiger partial charge is 0.277 e. The molecule has 1 heterocycles. The monoisotopic (exact) mass is 293 g/mol. The third-order valence-electron chi connectivity index (χ3n) is 2.87. The Balaban J connectivity index is 1.69. The van der Waals surface area contributed by atoms with Crippen LogP contribution in [0.1, 0.15) is 11.1 Å². The van der Waals surface area contributed by atoms with Gasteiger partial charge < -0.3 is 4.42 Å². The quantitative estimate of drug-likeness (QED) is 0.683. The van der Waals surface area contributed by atoms with E-state index < -0.39 is 0 Å². The molecular weight excluding hydrogens is 282 g/mol. The molecular formula is C16H11N3OS. The van der Waals surface area contributed by atoms with Gasteiger partial charge in [0.1, 0.15) is 0 Å². The summed E-state index contributed by atoms with van der Waals surface area (Å²) in [5.74, 6) is 1.26. The van der Waals surface area contributed by atoms with Crippen molar-refractivity contribution in [3.05, 3.63) is 65.7 Å². The molecule has 21 heavy (non-hydrogen) atoms. The molecule has 0 unspecified atom stereocenters. The topological polar surface area (TPSA) is 62.7 Å². The molecule has 0 fully saturated rings. The predicted octanol–water partition coefficient (Wildman–Crippen LogP) is 3.90. The zero-order valence-electron chi connectivity index (χ0n) is 11.1. The number of thioether (sulfide) groups is 1. The summed E-state index contributed by atoms with van der Waals surface area (Å²) >= 11 is 1.50. The van der Waals surface area contributed by atoms with Crippen molar-refractivity contribution in [2.24, 2.45) is 0 Å². The summed E-state index contributed by atoms with van der Waals surface area (Å²) in [5, 5.41) is 17.4. The molecule has 0 saturated carbocycles. The third-order valence-corrected chi connectivity index (χ3v) is 3.76. The third kappa shape index (κ3) is 3.30. The lowest BCUT2D eigenvalue weighted by atomic mass is 10.1. The van der Waals surface area contributed by atoms with Crippen molar-refractivity contribution in [2.45, 2.75) is 11.0 Å². The number of hydrogen-bond donors (Lipinski definition) is 0. The van der Waals surface area contributed by atoms with Crippen molar-refractivity contribution in [1.82, 2.24) is 10.2 Å². The molecule has 5 heteroatoms.